The van der Waals surface area contributed by atoms with Crippen molar-refractivity contribution in [1.29, 1.82) is 0 Å². The number of nitrogens with one attached hydrogen (secondary N) is 2. The van der Waals surface area contributed by atoms with Crippen LogP contribution in [0, 0.1) is 5.92 Å². The van der Waals surface area contributed by atoms with Crippen LogP contribution in [0.15, 0.2) is 24.3 Å². The lowest BCUT2D eigenvalue weighted by molar-refractivity contribution is -0.142. The third-order valence-electron chi connectivity index (χ3n) is 3.61. The summed E-state index contributed by atoms with van der Waals surface area (Å²) in [6, 6.07) is 6.41. The number of aliphatic carboxylic acids is 1. The molecule has 0 spiro atoms. The number of para-hydroxylation sites is 2. The number of hydrogen-bond donors (Lipinski definition) is 3. The summed E-state index contributed by atoms with van der Waals surface area (Å²) in [7, 11) is 0. The van der Waals surface area contributed by atoms with Gasteiger partial charge in [-0.25, -0.2) is 0 Å². The molecule has 2 amide bonds. The fourth-order valence-electron chi connectivity index (χ4n) is 2.05. The minimum absolute atomic E-state index is 0.170. The standard InChI is InChI=1S/C15H18N2O5/c1-8(15(20)21)9(2)16-13(18)7-12-14(19)17-10-5-3-4-6-11(10)22-12/h3-6,8-9,12H,7H2,1-2H3,(H,16,18)(H,17,19)(H,20,21). The number of carboxylic acids is 1. The number of ether oxygens (including phenoxy) is 1. The van der Waals surface area contributed by atoms with Crippen molar-refractivity contribution in [3.8, 4) is 5.75 Å². The van der Waals surface area contributed by atoms with Crippen LogP contribution >= 0.6 is 0 Å². The zero-order valence-electron chi connectivity index (χ0n) is 12.3. The molecular weight excluding hydrogens is 288 g/mol. The number of fused-ring (bicyclic) bond motifs is 1. The van der Waals surface area contributed by atoms with Crippen LogP contribution in [0.5, 0.6) is 5.75 Å². The molecule has 1 aromatic rings. The van der Waals surface area contributed by atoms with Crippen LogP contribution in [0.3, 0.4) is 0 Å². The van der Waals surface area contributed by atoms with E-state index in [2.05, 4.69) is 10.6 Å². The van der Waals surface area contributed by atoms with Gasteiger partial charge in [0.2, 0.25) is 5.91 Å². The van der Waals surface area contributed by atoms with Gasteiger partial charge in [-0.05, 0) is 26.0 Å². The second kappa shape index (κ2) is 6.46. The third kappa shape index (κ3) is 3.55. The Hall–Kier alpha value is -2.57. The number of carbonyl (C=O) groups is 3. The maximum Gasteiger partial charge on any atom is 0.308 e. The number of benzene rings is 1. The van der Waals surface area contributed by atoms with Gasteiger partial charge in [0.15, 0.2) is 6.10 Å². The molecule has 1 aliphatic rings. The predicted octanol–water partition coefficient (Wildman–Crippen LogP) is 1.00. The molecule has 0 radical (unpaired) electrons. The molecule has 22 heavy (non-hydrogen) atoms. The molecule has 0 aromatic heterocycles. The Kier molecular flexibility index (Phi) is 4.65. The second-order valence-corrected chi connectivity index (χ2v) is 5.28. The van der Waals surface area contributed by atoms with Gasteiger partial charge in [-0.15, -0.1) is 0 Å². The summed E-state index contributed by atoms with van der Waals surface area (Å²) in [6.45, 7) is 3.11. The summed E-state index contributed by atoms with van der Waals surface area (Å²) in [5.74, 6) is -2.03. The van der Waals surface area contributed by atoms with E-state index in [4.69, 9.17) is 9.84 Å². The first-order valence-electron chi connectivity index (χ1n) is 6.97. The normalized spacial score (nSPS) is 19.2. The number of anilines is 1. The minimum atomic E-state index is -0.992. The topological polar surface area (TPSA) is 105 Å². The maximum atomic E-state index is 11.9. The van der Waals surface area contributed by atoms with E-state index in [1.165, 1.54) is 6.92 Å². The van der Waals surface area contributed by atoms with Crippen LogP contribution in [0.25, 0.3) is 0 Å². The molecule has 0 saturated heterocycles. The van der Waals surface area contributed by atoms with Gasteiger partial charge in [-0.2, -0.15) is 0 Å². The zero-order valence-corrected chi connectivity index (χ0v) is 12.3. The van der Waals surface area contributed by atoms with Gasteiger partial charge in [0.25, 0.3) is 5.91 Å². The van der Waals surface area contributed by atoms with Crippen molar-refractivity contribution in [3.05, 3.63) is 24.3 Å². The van der Waals surface area contributed by atoms with Crippen molar-refractivity contribution in [2.24, 2.45) is 5.92 Å². The van der Waals surface area contributed by atoms with Crippen molar-refractivity contribution in [2.45, 2.75) is 32.4 Å². The molecule has 3 N–H and O–H groups in total. The van der Waals surface area contributed by atoms with E-state index in [1.54, 1.807) is 31.2 Å². The second-order valence-electron chi connectivity index (χ2n) is 5.28. The van der Waals surface area contributed by atoms with E-state index in [0.717, 1.165) is 0 Å². The lowest BCUT2D eigenvalue weighted by Crippen LogP contribution is -2.45. The first-order chi connectivity index (χ1) is 10.4. The number of rotatable bonds is 5. The van der Waals surface area contributed by atoms with Crippen LogP contribution in [0.1, 0.15) is 20.3 Å². The molecule has 1 aliphatic heterocycles. The Morgan fingerprint density at radius 3 is 2.73 bits per heavy atom. The first-order valence-corrected chi connectivity index (χ1v) is 6.97. The van der Waals surface area contributed by atoms with E-state index < -0.39 is 35.8 Å². The highest BCUT2D eigenvalue weighted by Crippen LogP contribution is 2.29. The van der Waals surface area contributed by atoms with Crippen LogP contribution in [0.2, 0.25) is 0 Å². The zero-order chi connectivity index (χ0) is 16.3. The Morgan fingerprint density at radius 2 is 2.05 bits per heavy atom. The van der Waals surface area contributed by atoms with Gasteiger partial charge in [-0.3, -0.25) is 14.4 Å². The number of carboxylic acid groups (broad SMARTS) is 1. The Morgan fingerprint density at radius 1 is 1.36 bits per heavy atom. The largest absolute Gasteiger partial charge is 0.481 e. The molecule has 0 saturated carbocycles. The highest BCUT2D eigenvalue weighted by molar-refractivity contribution is 6.00. The summed E-state index contributed by atoms with van der Waals surface area (Å²) in [5.41, 5.74) is 0.567. The highest BCUT2D eigenvalue weighted by Gasteiger charge is 2.30. The quantitative estimate of drug-likeness (QED) is 0.753. The van der Waals surface area contributed by atoms with Gasteiger partial charge in [-0.1, -0.05) is 12.1 Å². The molecular formula is C15H18N2O5. The van der Waals surface area contributed by atoms with E-state index in [9.17, 15) is 14.4 Å². The lowest BCUT2D eigenvalue weighted by atomic mass is 10.0. The van der Waals surface area contributed by atoms with E-state index in [0.29, 0.717) is 11.4 Å². The predicted molar refractivity (Wildman–Crippen MR) is 78.5 cm³/mol. The minimum Gasteiger partial charge on any atom is -0.481 e. The van der Waals surface area contributed by atoms with Gasteiger partial charge < -0.3 is 20.5 Å². The molecule has 0 bridgehead atoms. The molecule has 7 heteroatoms. The molecule has 0 fully saturated rings. The van der Waals surface area contributed by atoms with Crippen LogP contribution < -0.4 is 15.4 Å². The lowest BCUT2D eigenvalue weighted by Gasteiger charge is -2.26. The Balaban J connectivity index is 1.95. The van der Waals surface area contributed by atoms with Crippen molar-refractivity contribution in [1.82, 2.24) is 5.32 Å². The van der Waals surface area contributed by atoms with Crippen molar-refractivity contribution >= 4 is 23.5 Å². The number of hydrogen-bond acceptors (Lipinski definition) is 4. The van der Waals surface area contributed by atoms with Gasteiger partial charge in [0, 0.05) is 6.04 Å². The molecule has 3 atom stereocenters. The van der Waals surface area contributed by atoms with Crippen molar-refractivity contribution in [2.75, 3.05) is 5.32 Å². The average molecular weight is 306 g/mol. The monoisotopic (exact) mass is 306 g/mol. The molecule has 2 rings (SSSR count). The van der Waals surface area contributed by atoms with E-state index >= 15 is 0 Å². The van der Waals surface area contributed by atoms with Crippen LogP contribution in [-0.2, 0) is 14.4 Å². The molecule has 3 unspecified atom stereocenters. The summed E-state index contributed by atoms with van der Waals surface area (Å²) >= 11 is 0. The summed E-state index contributed by atoms with van der Waals surface area (Å²) in [6.07, 6.45) is -1.10. The average Bonchev–Trinajstić information content (AvgIpc) is 2.46. The summed E-state index contributed by atoms with van der Waals surface area (Å²) < 4.78 is 5.52. The Bertz CT molecular complexity index is 601. The smallest absolute Gasteiger partial charge is 0.308 e. The fourth-order valence-corrected chi connectivity index (χ4v) is 2.05. The molecule has 1 heterocycles. The number of carbonyl (C=O) groups excluding carboxylic acids is 2. The SMILES string of the molecule is CC(NC(=O)CC1Oc2ccccc2NC1=O)C(C)C(=O)O. The van der Waals surface area contributed by atoms with Gasteiger partial charge in [0.05, 0.1) is 18.0 Å². The molecule has 7 nitrogen and oxygen atoms in total. The Labute approximate surface area is 127 Å². The third-order valence-corrected chi connectivity index (χ3v) is 3.61. The maximum absolute atomic E-state index is 11.9. The molecule has 118 valence electrons. The number of amides is 2. The van der Waals surface area contributed by atoms with Crippen molar-refractivity contribution < 1.29 is 24.2 Å². The van der Waals surface area contributed by atoms with Crippen LogP contribution in [0.4, 0.5) is 5.69 Å². The summed E-state index contributed by atoms with van der Waals surface area (Å²) in [5, 5.41) is 14.1. The summed E-state index contributed by atoms with van der Waals surface area (Å²) in [4.78, 5) is 34.7. The van der Waals surface area contributed by atoms with Crippen LogP contribution in [-0.4, -0.2) is 35.0 Å². The van der Waals surface area contributed by atoms with Crippen molar-refractivity contribution in [3.63, 3.8) is 0 Å². The van der Waals surface area contributed by atoms with Gasteiger partial charge >= 0.3 is 5.97 Å². The van der Waals surface area contributed by atoms with E-state index in [1.807, 2.05) is 0 Å². The molecule has 1 aromatic carbocycles. The first kappa shape index (κ1) is 15.8. The van der Waals surface area contributed by atoms with E-state index in [-0.39, 0.29) is 6.42 Å². The molecule has 0 aliphatic carbocycles. The van der Waals surface area contributed by atoms with Gasteiger partial charge in [0.1, 0.15) is 5.75 Å². The highest BCUT2D eigenvalue weighted by atomic mass is 16.5. The fraction of sp³-hybridized carbons (Fsp3) is 0.400.